The Hall–Kier alpha value is -1.72. The van der Waals surface area contributed by atoms with Gasteiger partial charge in [0, 0.05) is 19.5 Å². The second-order valence-electron chi connectivity index (χ2n) is 4.18. The van der Waals surface area contributed by atoms with Gasteiger partial charge in [-0.25, -0.2) is 4.99 Å². The highest BCUT2D eigenvalue weighted by Gasteiger charge is 2.15. The SMILES string of the molecule is N=C(NC(N)=NCC1=CCCO1)N1CCCC1. The summed E-state index contributed by atoms with van der Waals surface area (Å²) in [5, 5.41) is 10.6. The molecule has 1 saturated heterocycles. The molecule has 0 bridgehead atoms. The molecule has 0 aromatic rings. The lowest BCUT2D eigenvalue weighted by Gasteiger charge is -2.18. The van der Waals surface area contributed by atoms with Gasteiger partial charge in [0.15, 0.2) is 11.9 Å². The molecule has 0 saturated carbocycles. The summed E-state index contributed by atoms with van der Waals surface area (Å²) in [6.45, 7) is 3.04. The number of guanidine groups is 2. The summed E-state index contributed by atoms with van der Waals surface area (Å²) in [7, 11) is 0. The number of rotatable bonds is 2. The van der Waals surface area contributed by atoms with E-state index in [9.17, 15) is 0 Å². The van der Waals surface area contributed by atoms with Crippen LogP contribution in [0.2, 0.25) is 0 Å². The van der Waals surface area contributed by atoms with Gasteiger partial charge in [-0.3, -0.25) is 10.7 Å². The molecule has 2 aliphatic rings. The van der Waals surface area contributed by atoms with Crippen molar-refractivity contribution in [3.05, 3.63) is 11.8 Å². The van der Waals surface area contributed by atoms with Crippen molar-refractivity contribution in [1.29, 1.82) is 5.41 Å². The van der Waals surface area contributed by atoms with Gasteiger partial charge < -0.3 is 15.4 Å². The molecule has 4 N–H and O–H groups in total. The molecular weight excluding hydrogens is 218 g/mol. The second kappa shape index (κ2) is 5.56. The highest BCUT2D eigenvalue weighted by Crippen LogP contribution is 2.08. The number of hydrogen-bond acceptors (Lipinski definition) is 3. The maximum absolute atomic E-state index is 7.81. The number of hydrogen-bond donors (Lipinski definition) is 3. The van der Waals surface area contributed by atoms with Crippen molar-refractivity contribution < 1.29 is 4.74 Å². The third-order valence-corrected chi connectivity index (χ3v) is 2.85. The topological polar surface area (TPSA) is 86.7 Å². The Morgan fingerprint density at radius 1 is 1.53 bits per heavy atom. The van der Waals surface area contributed by atoms with Gasteiger partial charge in [-0.1, -0.05) is 0 Å². The Labute approximate surface area is 101 Å². The Balaban J connectivity index is 1.76. The van der Waals surface area contributed by atoms with Crippen LogP contribution in [0.1, 0.15) is 19.3 Å². The molecule has 6 nitrogen and oxygen atoms in total. The molecule has 0 aromatic heterocycles. The van der Waals surface area contributed by atoms with E-state index >= 15 is 0 Å². The molecule has 1 fully saturated rings. The monoisotopic (exact) mass is 237 g/mol. The van der Waals surface area contributed by atoms with Crippen molar-refractivity contribution in [3.63, 3.8) is 0 Å². The van der Waals surface area contributed by atoms with Gasteiger partial charge in [-0.05, 0) is 18.9 Å². The van der Waals surface area contributed by atoms with Crippen LogP contribution in [0.15, 0.2) is 16.8 Å². The van der Waals surface area contributed by atoms with Crippen molar-refractivity contribution >= 4 is 11.9 Å². The zero-order valence-electron chi connectivity index (χ0n) is 9.91. The van der Waals surface area contributed by atoms with Crippen LogP contribution in [0, 0.1) is 5.41 Å². The summed E-state index contributed by atoms with van der Waals surface area (Å²) < 4.78 is 5.31. The van der Waals surface area contributed by atoms with Gasteiger partial charge in [0.2, 0.25) is 0 Å². The molecule has 2 rings (SSSR count). The van der Waals surface area contributed by atoms with Gasteiger partial charge in [0.25, 0.3) is 0 Å². The standard InChI is InChI=1S/C11H19N5O/c12-10(14-8-9-4-3-7-17-9)15-11(13)16-5-1-2-6-16/h4H,1-3,5-8H2,(H4,12,13,14,15). The van der Waals surface area contributed by atoms with Crippen LogP contribution in [0.3, 0.4) is 0 Å². The van der Waals surface area contributed by atoms with Crippen LogP contribution in [-0.4, -0.2) is 43.1 Å². The fourth-order valence-electron chi connectivity index (χ4n) is 1.92. The minimum absolute atomic E-state index is 0.276. The Bertz CT molecular complexity index is 344. The molecular formula is C11H19N5O. The lowest BCUT2D eigenvalue weighted by atomic mass is 10.4. The molecule has 0 unspecified atom stereocenters. The first kappa shape index (κ1) is 11.8. The van der Waals surface area contributed by atoms with Crippen LogP contribution >= 0.6 is 0 Å². The zero-order valence-corrected chi connectivity index (χ0v) is 9.91. The lowest BCUT2D eigenvalue weighted by Crippen LogP contribution is -2.45. The predicted octanol–water partition coefficient (Wildman–Crippen LogP) is 0.225. The summed E-state index contributed by atoms with van der Waals surface area (Å²) in [6.07, 6.45) is 5.24. The average Bonchev–Trinajstić information content (AvgIpc) is 2.99. The number of ether oxygens (including phenoxy) is 1. The molecule has 0 atom stereocenters. The number of nitrogens with one attached hydrogen (secondary N) is 2. The van der Waals surface area contributed by atoms with E-state index < -0.39 is 0 Å². The van der Waals surface area contributed by atoms with E-state index in [2.05, 4.69) is 10.3 Å². The van der Waals surface area contributed by atoms with Crippen molar-refractivity contribution in [3.8, 4) is 0 Å². The summed E-state index contributed by atoms with van der Waals surface area (Å²) in [6, 6.07) is 0. The normalized spacial score (nSPS) is 20.1. The maximum Gasteiger partial charge on any atom is 0.197 e. The summed E-state index contributed by atoms with van der Waals surface area (Å²) in [5.74, 6) is 1.48. The highest BCUT2D eigenvalue weighted by atomic mass is 16.5. The minimum Gasteiger partial charge on any atom is -0.496 e. The maximum atomic E-state index is 7.81. The molecule has 0 aliphatic carbocycles. The molecule has 0 aromatic carbocycles. The third-order valence-electron chi connectivity index (χ3n) is 2.85. The first-order valence-corrected chi connectivity index (χ1v) is 5.98. The lowest BCUT2D eigenvalue weighted by molar-refractivity contribution is 0.242. The summed E-state index contributed by atoms with van der Waals surface area (Å²) in [4.78, 5) is 6.11. The van der Waals surface area contributed by atoms with E-state index in [0.717, 1.165) is 44.7 Å². The molecule has 0 spiro atoms. The molecule has 0 amide bonds. The van der Waals surface area contributed by atoms with E-state index in [1.807, 2.05) is 11.0 Å². The van der Waals surface area contributed by atoms with E-state index in [0.29, 0.717) is 12.5 Å². The van der Waals surface area contributed by atoms with Gasteiger partial charge >= 0.3 is 0 Å². The quantitative estimate of drug-likeness (QED) is 0.474. The second-order valence-corrected chi connectivity index (χ2v) is 4.18. The number of likely N-dealkylation sites (tertiary alicyclic amines) is 1. The molecule has 0 radical (unpaired) electrons. The smallest absolute Gasteiger partial charge is 0.197 e. The Morgan fingerprint density at radius 2 is 2.29 bits per heavy atom. The molecule has 6 heteroatoms. The summed E-state index contributed by atoms with van der Waals surface area (Å²) in [5.41, 5.74) is 5.71. The van der Waals surface area contributed by atoms with E-state index in [1.165, 1.54) is 0 Å². The van der Waals surface area contributed by atoms with Gasteiger partial charge in [-0.15, -0.1) is 0 Å². The molecule has 2 heterocycles. The zero-order chi connectivity index (χ0) is 12.1. The van der Waals surface area contributed by atoms with Crippen molar-refractivity contribution in [2.45, 2.75) is 19.3 Å². The van der Waals surface area contributed by atoms with Gasteiger partial charge in [-0.2, -0.15) is 0 Å². The Morgan fingerprint density at radius 3 is 2.94 bits per heavy atom. The van der Waals surface area contributed by atoms with Crippen molar-refractivity contribution in [2.24, 2.45) is 10.7 Å². The van der Waals surface area contributed by atoms with Crippen molar-refractivity contribution in [1.82, 2.24) is 10.2 Å². The number of nitrogens with zero attached hydrogens (tertiary/aromatic N) is 2. The Kier molecular flexibility index (Phi) is 3.85. The fourth-order valence-corrected chi connectivity index (χ4v) is 1.92. The first-order valence-electron chi connectivity index (χ1n) is 5.98. The fraction of sp³-hybridized carbons (Fsp3) is 0.636. The van der Waals surface area contributed by atoms with Crippen LogP contribution in [0.4, 0.5) is 0 Å². The largest absolute Gasteiger partial charge is 0.496 e. The minimum atomic E-state index is 0.276. The van der Waals surface area contributed by atoms with E-state index in [1.54, 1.807) is 0 Å². The van der Waals surface area contributed by atoms with Gasteiger partial charge in [0.05, 0.1) is 13.2 Å². The predicted molar refractivity (Wildman–Crippen MR) is 66.8 cm³/mol. The van der Waals surface area contributed by atoms with Crippen LogP contribution in [-0.2, 0) is 4.74 Å². The molecule has 2 aliphatic heterocycles. The number of aliphatic imine (C=N–C) groups is 1. The van der Waals surface area contributed by atoms with E-state index in [4.69, 9.17) is 15.9 Å². The third kappa shape index (κ3) is 3.37. The molecule has 17 heavy (non-hydrogen) atoms. The highest BCUT2D eigenvalue weighted by molar-refractivity contribution is 5.96. The summed E-state index contributed by atoms with van der Waals surface area (Å²) >= 11 is 0. The number of nitrogens with two attached hydrogens (primary N) is 1. The average molecular weight is 237 g/mol. The van der Waals surface area contributed by atoms with Crippen LogP contribution < -0.4 is 11.1 Å². The first-order chi connectivity index (χ1) is 8.25. The molecule has 94 valence electrons. The van der Waals surface area contributed by atoms with Crippen LogP contribution in [0.5, 0.6) is 0 Å². The van der Waals surface area contributed by atoms with Gasteiger partial charge in [0.1, 0.15) is 5.76 Å². The van der Waals surface area contributed by atoms with Crippen molar-refractivity contribution in [2.75, 3.05) is 26.2 Å². The van der Waals surface area contributed by atoms with E-state index in [-0.39, 0.29) is 5.96 Å². The van der Waals surface area contributed by atoms with Crippen LogP contribution in [0.25, 0.3) is 0 Å².